The zero-order valence-electron chi connectivity index (χ0n) is 20.7. The Morgan fingerprint density at radius 2 is 1.84 bits per heavy atom. The monoisotopic (exact) mass is 536 g/mol. The third kappa shape index (κ3) is 5.49. The van der Waals surface area contributed by atoms with Crippen molar-refractivity contribution in [3.63, 3.8) is 0 Å². The molecule has 1 aliphatic rings. The van der Waals surface area contributed by atoms with E-state index in [1.165, 1.54) is 22.3 Å². The molecule has 0 saturated carbocycles. The summed E-state index contributed by atoms with van der Waals surface area (Å²) in [4.78, 5) is 42.3. The van der Waals surface area contributed by atoms with Crippen molar-refractivity contribution in [1.29, 1.82) is 0 Å². The van der Waals surface area contributed by atoms with Crippen molar-refractivity contribution in [2.45, 2.75) is 25.6 Å². The molecule has 4 aromatic rings. The second-order valence-corrected chi connectivity index (χ2v) is 9.77. The van der Waals surface area contributed by atoms with Crippen LogP contribution < -0.4 is 21.3 Å². The molecule has 1 atom stereocenters. The highest BCUT2D eigenvalue weighted by Gasteiger charge is 2.25. The maximum Gasteiger partial charge on any atom is 0.329 e. The molecule has 10 heteroatoms. The van der Waals surface area contributed by atoms with Crippen LogP contribution >= 0.6 is 11.6 Å². The lowest BCUT2D eigenvalue weighted by Gasteiger charge is -2.17. The van der Waals surface area contributed by atoms with E-state index in [2.05, 4.69) is 15.2 Å². The lowest BCUT2D eigenvalue weighted by Crippen LogP contribution is -2.37. The highest BCUT2D eigenvalue weighted by molar-refractivity contribution is 6.33. The van der Waals surface area contributed by atoms with Gasteiger partial charge in [-0.1, -0.05) is 29.8 Å². The smallest absolute Gasteiger partial charge is 0.329 e. The van der Waals surface area contributed by atoms with E-state index in [1.807, 2.05) is 24.3 Å². The molecule has 3 aromatic carbocycles. The molecule has 1 unspecified atom stereocenters. The number of ether oxygens (including phenoxy) is 1. The van der Waals surface area contributed by atoms with Gasteiger partial charge in [0.1, 0.15) is 11.6 Å². The molecule has 1 fully saturated rings. The Labute approximate surface area is 222 Å². The summed E-state index contributed by atoms with van der Waals surface area (Å²) in [6, 6.07) is 16.5. The van der Waals surface area contributed by atoms with Gasteiger partial charge in [-0.2, -0.15) is 0 Å². The number of halogens is 2. The van der Waals surface area contributed by atoms with E-state index in [0.29, 0.717) is 28.2 Å². The number of hydrogen-bond donors (Lipinski definition) is 2. The first-order valence-corrected chi connectivity index (χ1v) is 12.6. The highest BCUT2D eigenvalue weighted by atomic mass is 35.5. The van der Waals surface area contributed by atoms with E-state index >= 15 is 0 Å². The molecule has 0 spiro atoms. The molecule has 1 amide bonds. The number of nitrogens with zero attached hydrogens (tertiary/aromatic N) is 2. The SMILES string of the molecule is COc1ccc(CN2CCC(NC(=O)c3cc(Cn4c(=O)[nH]c(=O)c5cc(F)ccc54)ccc3Cl)C2)cc1. The first-order valence-electron chi connectivity index (χ1n) is 12.2. The molecular weight excluding hydrogens is 511 g/mol. The standard InChI is InChI=1S/C28H26ClFN4O4/c1-38-21-6-2-17(3-7-21)14-33-11-10-20(16-33)31-26(35)22-12-18(4-8-24(22)29)15-34-25-9-5-19(30)13-23(25)27(36)32-28(34)37/h2-9,12-13,20H,10-11,14-16H2,1H3,(H,31,35)(H,32,36,37). The quantitative estimate of drug-likeness (QED) is 0.377. The van der Waals surface area contributed by atoms with Crippen LogP contribution in [0.15, 0.2) is 70.3 Å². The number of hydrogen-bond acceptors (Lipinski definition) is 5. The van der Waals surface area contributed by atoms with Crippen LogP contribution in [0.3, 0.4) is 0 Å². The van der Waals surface area contributed by atoms with Crippen LogP contribution in [0.2, 0.25) is 5.02 Å². The zero-order valence-corrected chi connectivity index (χ0v) is 21.4. The van der Waals surface area contributed by atoms with Gasteiger partial charge in [0, 0.05) is 25.7 Å². The van der Waals surface area contributed by atoms with Crippen LogP contribution in [0.1, 0.15) is 27.9 Å². The number of aromatic amines is 1. The van der Waals surface area contributed by atoms with Crippen LogP contribution in [0.25, 0.3) is 10.9 Å². The fraction of sp³-hybridized carbons (Fsp3) is 0.250. The predicted molar refractivity (Wildman–Crippen MR) is 143 cm³/mol. The fourth-order valence-electron chi connectivity index (χ4n) is 4.80. The van der Waals surface area contributed by atoms with E-state index in [9.17, 15) is 18.8 Å². The van der Waals surface area contributed by atoms with Gasteiger partial charge in [0.25, 0.3) is 11.5 Å². The summed E-state index contributed by atoms with van der Waals surface area (Å²) >= 11 is 6.37. The van der Waals surface area contributed by atoms with Crippen molar-refractivity contribution in [3.8, 4) is 5.75 Å². The van der Waals surface area contributed by atoms with E-state index in [0.717, 1.165) is 31.3 Å². The maximum atomic E-state index is 13.7. The molecule has 8 nitrogen and oxygen atoms in total. The number of amides is 1. The summed E-state index contributed by atoms with van der Waals surface area (Å²) in [5, 5.41) is 3.43. The Morgan fingerprint density at radius 3 is 2.61 bits per heavy atom. The van der Waals surface area contributed by atoms with Crippen LogP contribution in [0, 0.1) is 5.82 Å². The normalized spacial score (nSPS) is 15.6. The average Bonchev–Trinajstić information content (AvgIpc) is 3.34. The van der Waals surface area contributed by atoms with Crippen molar-refractivity contribution < 1.29 is 13.9 Å². The van der Waals surface area contributed by atoms with Crippen LogP contribution in [0.4, 0.5) is 4.39 Å². The van der Waals surface area contributed by atoms with Crippen LogP contribution in [-0.2, 0) is 13.1 Å². The highest BCUT2D eigenvalue weighted by Crippen LogP contribution is 2.21. The van der Waals surface area contributed by atoms with E-state index in [1.54, 1.807) is 25.3 Å². The van der Waals surface area contributed by atoms with Gasteiger partial charge >= 0.3 is 5.69 Å². The lowest BCUT2D eigenvalue weighted by atomic mass is 10.1. The van der Waals surface area contributed by atoms with Gasteiger partial charge in [0.2, 0.25) is 0 Å². The summed E-state index contributed by atoms with van der Waals surface area (Å²) in [5.41, 5.74) is 1.11. The molecule has 2 N–H and O–H groups in total. The predicted octanol–water partition coefficient (Wildman–Crippen LogP) is 3.54. The topological polar surface area (TPSA) is 96.4 Å². The summed E-state index contributed by atoms with van der Waals surface area (Å²) in [6.07, 6.45) is 0.814. The van der Waals surface area contributed by atoms with Gasteiger partial charge in [0.15, 0.2) is 0 Å². The largest absolute Gasteiger partial charge is 0.497 e. The van der Waals surface area contributed by atoms with Gasteiger partial charge in [-0.05, 0) is 60.0 Å². The van der Waals surface area contributed by atoms with Crippen molar-refractivity contribution in [2.75, 3.05) is 20.2 Å². The molecule has 1 saturated heterocycles. The van der Waals surface area contributed by atoms with Gasteiger partial charge < -0.3 is 10.1 Å². The second kappa shape index (κ2) is 10.8. The number of rotatable bonds is 7. The summed E-state index contributed by atoms with van der Waals surface area (Å²) < 4.78 is 20.2. The van der Waals surface area contributed by atoms with Gasteiger partial charge in [-0.3, -0.25) is 24.0 Å². The number of H-pyrrole nitrogens is 1. The molecular formula is C28H26ClFN4O4. The number of benzene rings is 3. The molecule has 38 heavy (non-hydrogen) atoms. The minimum atomic E-state index is -0.658. The average molecular weight is 537 g/mol. The lowest BCUT2D eigenvalue weighted by molar-refractivity contribution is 0.0937. The molecule has 2 heterocycles. The number of methoxy groups -OCH3 is 1. The summed E-state index contributed by atoms with van der Waals surface area (Å²) in [6.45, 7) is 2.41. The van der Waals surface area contributed by atoms with Crippen LogP contribution in [-0.4, -0.2) is 46.6 Å². The Kier molecular flexibility index (Phi) is 7.31. The first kappa shape index (κ1) is 25.7. The molecule has 0 radical (unpaired) electrons. The van der Waals surface area contributed by atoms with Crippen LogP contribution in [0.5, 0.6) is 5.75 Å². The molecule has 0 aliphatic carbocycles. The fourth-order valence-corrected chi connectivity index (χ4v) is 5.00. The number of carbonyl (C=O) groups is 1. The molecule has 0 bridgehead atoms. The van der Waals surface area contributed by atoms with Gasteiger partial charge in [0.05, 0.1) is 35.1 Å². The minimum Gasteiger partial charge on any atom is -0.497 e. The van der Waals surface area contributed by atoms with Gasteiger partial charge in [-0.25, -0.2) is 9.18 Å². The molecule has 196 valence electrons. The molecule has 5 rings (SSSR count). The third-order valence-corrected chi connectivity index (χ3v) is 7.08. The number of aromatic nitrogens is 2. The van der Waals surface area contributed by atoms with Crippen molar-refractivity contribution in [2.24, 2.45) is 0 Å². The zero-order chi connectivity index (χ0) is 26.8. The first-order chi connectivity index (χ1) is 18.3. The van der Waals surface area contributed by atoms with E-state index < -0.39 is 17.1 Å². The third-order valence-electron chi connectivity index (χ3n) is 6.75. The van der Waals surface area contributed by atoms with Crippen molar-refractivity contribution in [1.82, 2.24) is 19.8 Å². The number of carbonyl (C=O) groups excluding carboxylic acids is 1. The molecule has 1 aromatic heterocycles. The Bertz CT molecular complexity index is 1620. The maximum absolute atomic E-state index is 13.7. The van der Waals surface area contributed by atoms with E-state index in [4.69, 9.17) is 16.3 Å². The van der Waals surface area contributed by atoms with Crippen molar-refractivity contribution >= 4 is 28.4 Å². The number of nitrogens with one attached hydrogen (secondary N) is 2. The Morgan fingerprint density at radius 1 is 1.08 bits per heavy atom. The number of fused-ring (bicyclic) bond motifs is 1. The number of likely N-dealkylation sites (tertiary alicyclic amines) is 1. The minimum absolute atomic E-state index is 0.0267. The van der Waals surface area contributed by atoms with Crippen molar-refractivity contribution in [3.05, 3.63) is 109 Å². The Hall–Kier alpha value is -3.95. The van der Waals surface area contributed by atoms with Gasteiger partial charge in [-0.15, -0.1) is 0 Å². The summed E-state index contributed by atoms with van der Waals surface area (Å²) in [7, 11) is 1.64. The second-order valence-electron chi connectivity index (χ2n) is 9.36. The molecule has 1 aliphatic heterocycles. The summed E-state index contributed by atoms with van der Waals surface area (Å²) in [5.74, 6) is -0.0612. The van der Waals surface area contributed by atoms with E-state index in [-0.39, 0.29) is 23.9 Å². The Balaban J connectivity index is 1.29.